The Hall–Kier alpha value is -2.07. The second-order valence-electron chi connectivity index (χ2n) is 12.7. The fourth-order valence-electron chi connectivity index (χ4n) is 5.98. The molecule has 214 valence electrons. The molecule has 0 amide bonds. The minimum Gasteiger partial charge on any atom is -0.426 e. The van der Waals surface area contributed by atoms with Crippen LogP contribution in [0.3, 0.4) is 0 Å². The summed E-state index contributed by atoms with van der Waals surface area (Å²) in [7, 11) is 9.37. The summed E-state index contributed by atoms with van der Waals surface area (Å²) in [4.78, 5) is 18.9. The number of carbonyl (C=O) groups excluding carboxylic acids is 1. The Labute approximate surface area is 247 Å². The third-order valence-corrected chi connectivity index (χ3v) is 9.32. The topological polar surface area (TPSA) is 45.3 Å². The van der Waals surface area contributed by atoms with E-state index in [4.69, 9.17) is 4.74 Å². The van der Waals surface area contributed by atoms with Crippen molar-refractivity contribution in [1.82, 2.24) is 9.88 Å². The Kier molecular flexibility index (Phi) is 13.3. The van der Waals surface area contributed by atoms with Gasteiger partial charge in [0.15, 0.2) is 0 Å². The van der Waals surface area contributed by atoms with Crippen LogP contribution in [0.1, 0.15) is 102 Å². The molecule has 2 aromatic rings. The highest BCUT2D eigenvalue weighted by Gasteiger charge is 2.44. The first kappa shape index (κ1) is 32.4. The van der Waals surface area contributed by atoms with Crippen molar-refractivity contribution in [3.8, 4) is 5.75 Å². The minimum atomic E-state index is -0.127. The summed E-state index contributed by atoms with van der Waals surface area (Å²) in [5.41, 5.74) is 2.25. The number of aromatic nitrogens is 1. The number of H-pyrrole nitrogens is 1. The van der Waals surface area contributed by atoms with Gasteiger partial charge in [0.05, 0.1) is 0 Å². The van der Waals surface area contributed by atoms with Crippen molar-refractivity contribution in [1.29, 1.82) is 0 Å². The van der Waals surface area contributed by atoms with Crippen LogP contribution in [0.5, 0.6) is 5.75 Å². The minimum absolute atomic E-state index is 0.0174. The number of unbranched alkanes of at least 4 members (excludes halogenated alkanes) is 8. The summed E-state index contributed by atoms with van der Waals surface area (Å²) in [5.74, 6) is 0.563. The van der Waals surface area contributed by atoms with E-state index in [-0.39, 0.29) is 16.5 Å². The molecule has 1 aliphatic rings. The summed E-state index contributed by atoms with van der Waals surface area (Å²) in [6.45, 7) is 4.54. The predicted octanol–water partition coefficient (Wildman–Crippen LogP) is 4.32. The van der Waals surface area contributed by atoms with Crippen LogP contribution in [0.15, 0.2) is 48.7 Å². The van der Waals surface area contributed by atoms with Gasteiger partial charge in [0, 0.05) is 23.5 Å². The monoisotopic (exact) mass is 540 g/mol. The largest absolute Gasteiger partial charge is 0.426 e. The average molecular weight is 540 g/mol. The standard InChI is InChI=1S/C32H52B4N2O2/c1-2-3-4-5-6-7-8-9-10-11-12-13-14-15-16-22-29(39)40-28-21-19-20-27-30(28)26(25-37-27)31(33,34)32(35,36)38-23-17-18-24-38/h6-7,9-10,19-21,25,37H,2-5,8,11-18,22-24,33-36H2,1H3/b7-6-,10-9-. The molecule has 2 heterocycles. The quantitative estimate of drug-likeness (QED) is 0.101. The summed E-state index contributed by atoms with van der Waals surface area (Å²) in [6.07, 6.45) is 27.3. The van der Waals surface area contributed by atoms with Crippen molar-refractivity contribution >= 4 is 48.3 Å². The molecule has 0 bridgehead atoms. The summed E-state index contributed by atoms with van der Waals surface area (Å²) < 4.78 is 5.99. The van der Waals surface area contributed by atoms with E-state index in [0.29, 0.717) is 12.2 Å². The Morgan fingerprint density at radius 2 is 1.57 bits per heavy atom. The number of ether oxygens (including phenoxy) is 1. The van der Waals surface area contributed by atoms with Gasteiger partial charge in [0.1, 0.15) is 37.1 Å². The summed E-state index contributed by atoms with van der Waals surface area (Å²) in [5, 5.41) is 0.905. The number of rotatable bonds is 18. The average Bonchev–Trinajstić information content (AvgIpc) is 3.62. The molecule has 1 N–H and O–H groups in total. The fraction of sp³-hybridized carbons (Fsp3) is 0.594. The van der Waals surface area contributed by atoms with Gasteiger partial charge >= 0.3 is 5.97 Å². The SMILES string of the molecule is BC(B)(c1c[nH]c2cccc(OC(=O)CCCCCCC/C=C\C/C=C\CCCCC)c12)C(B)(B)N1CCCC1. The van der Waals surface area contributed by atoms with Crippen LogP contribution in [0, 0.1) is 0 Å². The van der Waals surface area contributed by atoms with Crippen molar-refractivity contribution in [3.05, 3.63) is 54.3 Å². The molecule has 8 heteroatoms. The molecule has 1 saturated heterocycles. The lowest BCUT2D eigenvalue weighted by Crippen LogP contribution is -2.64. The Balaban J connectivity index is 1.41. The highest BCUT2D eigenvalue weighted by Crippen LogP contribution is 2.39. The van der Waals surface area contributed by atoms with Crippen LogP contribution in [-0.2, 0) is 10.0 Å². The number of allylic oxidation sites excluding steroid dienone is 4. The van der Waals surface area contributed by atoms with E-state index in [1.807, 2.05) is 12.1 Å². The Bertz CT molecular complexity index is 1100. The van der Waals surface area contributed by atoms with Gasteiger partial charge in [-0.1, -0.05) is 74.6 Å². The highest BCUT2D eigenvalue weighted by molar-refractivity contribution is 6.54. The van der Waals surface area contributed by atoms with Gasteiger partial charge in [-0.2, -0.15) is 0 Å². The normalized spacial score (nSPS) is 15.1. The molecule has 0 atom stereocenters. The van der Waals surface area contributed by atoms with E-state index < -0.39 is 0 Å². The van der Waals surface area contributed by atoms with E-state index in [1.54, 1.807) is 0 Å². The van der Waals surface area contributed by atoms with Crippen LogP contribution in [0.25, 0.3) is 10.9 Å². The number of benzene rings is 1. The number of likely N-dealkylation sites (tertiary alicyclic amines) is 1. The van der Waals surface area contributed by atoms with Crippen LogP contribution >= 0.6 is 0 Å². The third-order valence-electron chi connectivity index (χ3n) is 9.32. The molecule has 0 saturated carbocycles. The van der Waals surface area contributed by atoms with E-state index in [0.717, 1.165) is 49.7 Å². The lowest BCUT2D eigenvalue weighted by atomic mass is 9.31. The lowest BCUT2D eigenvalue weighted by Gasteiger charge is -2.49. The van der Waals surface area contributed by atoms with E-state index in [9.17, 15) is 4.79 Å². The third kappa shape index (κ3) is 8.96. The molecule has 1 fully saturated rings. The van der Waals surface area contributed by atoms with Crippen LogP contribution in [-0.4, -0.2) is 65.7 Å². The number of nitrogens with zero attached hydrogens (tertiary/aromatic N) is 1. The Morgan fingerprint density at radius 1 is 0.925 bits per heavy atom. The Morgan fingerprint density at radius 3 is 2.27 bits per heavy atom. The highest BCUT2D eigenvalue weighted by atomic mass is 16.5. The van der Waals surface area contributed by atoms with E-state index >= 15 is 0 Å². The molecular weight excluding hydrogens is 488 g/mol. The predicted molar refractivity (Wildman–Crippen MR) is 183 cm³/mol. The second-order valence-corrected chi connectivity index (χ2v) is 12.7. The first-order chi connectivity index (χ1) is 19.3. The van der Waals surface area contributed by atoms with Crippen molar-refractivity contribution in [2.45, 2.75) is 107 Å². The zero-order chi connectivity index (χ0) is 28.8. The molecule has 4 nitrogen and oxygen atoms in total. The molecular formula is C32H52B4N2O2. The number of nitrogens with one attached hydrogen (secondary N) is 1. The second kappa shape index (κ2) is 16.4. The lowest BCUT2D eigenvalue weighted by molar-refractivity contribution is -0.134. The maximum absolute atomic E-state index is 12.8. The van der Waals surface area contributed by atoms with Gasteiger partial charge in [0.25, 0.3) is 0 Å². The summed E-state index contributed by atoms with van der Waals surface area (Å²) in [6, 6.07) is 6.00. The molecule has 0 aliphatic carbocycles. The molecule has 40 heavy (non-hydrogen) atoms. The maximum Gasteiger partial charge on any atom is 0.311 e. The molecule has 3 rings (SSSR count). The van der Waals surface area contributed by atoms with Crippen molar-refractivity contribution in [2.75, 3.05) is 13.1 Å². The smallest absolute Gasteiger partial charge is 0.311 e. The van der Waals surface area contributed by atoms with Crippen LogP contribution < -0.4 is 4.74 Å². The molecule has 1 aromatic heterocycles. The molecule has 1 aliphatic heterocycles. The number of hydrogen-bond acceptors (Lipinski definition) is 3. The number of aromatic amines is 1. The number of hydrogen-bond donors (Lipinski definition) is 1. The summed E-state index contributed by atoms with van der Waals surface area (Å²) >= 11 is 0. The zero-order valence-electron chi connectivity index (χ0n) is 26.2. The number of esters is 1. The fourth-order valence-corrected chi connectivity index (χ4v) is 5.98. The van der Waals surface area contributed by atoms with Gasteiger partial charge in [-0.3, -0.25) is 4.79 Å². The first-order valence-corrected chi connectivity index (χ1v) is 16.2. The molecule has 0 radical (unpaired) electrons. The number of carbonyl (C=O) groups is 1. The zero-order valence-corrected chi connectivity index (χ0v) is 26.2. The van der Waals surface area contributed by atoms with Crippen molar-refractivity contribution in [3.63, 3.8) is 0 Å². The van der Waals surface area contributed by atoms with Gasteiger partial charge < -0.3 is 14.6 Å². The van der Waals surface area contributed by atoms with Gasteiger partial charge in [0.2, 0.25) is 0 Å². The molecule has 1 aromatic carbocycles. The van der Waals surface area contributed by atoms with Crippen LogP contribution in [0.2, 0.25) is 0 Å². The van der Waals surface area contributed by atoms with Crippen LogP contribution in [0.4, 0.5) is 0 Å². The first-order valence-electron chi connectivity index (χ1n) is 16.2. The van der Waals surface area contributed by atoms with Gasteiger partial charge in [-0.05, 0) is 87.5 Å². The van der Waals surface area contributed by atoms with E-state index in [2.05, 4.69) is 84.8 Å². The van der Waals surface area contributed by atoms with Crippen molar-refractivity contribution < 1.29 is 9.53 Å². The maximum atomic E-state index is 12.8. The number of fused-ring (bicyclic) bond motifs is 1. The molecule has 0 spiro atoms. The van der Waals surface area contributed by atoms with Crippen molar-refractivity contribution in [2.24, 2.45) is 0 Å². The van der Waals surface area contributed by atoms with Gasteiger partial charge in [-0.25, -0.2) is 0 Å². The van der Waals surface area contributed by atoms with Gasteiger partial charge in [-0.15, -0.1) is 0 Å². The molecule has 0 unspecified atom stereocenters. The van der Waals surface area contributed by atoms with E-state index in [1.165, 1.54) is 63.4 Å².